The van der Waals surface area contributed by atoms with Gasteiger partial charge in [0.1, 0.15) is 0 Å². The average molecular weight is 313 g/mol. The quantitative estimate of drug-likeness (QED) is 0.842. The maximum atomic E-state index is 12.0. The minimum absolute atomic E-state index is 0.00591. The SMILES string of the molecule is O=C(NCC(=O)N1CCCCC1)c1cc(S)ccc1Cl. The fourth-order valence-corrected chi connectivity index (χ4v) is 2.60. The van der Waals surface area contributed by atoms with Crippen LogP contribution in [0.4, 0.5) is 0 Å². The number of nitrogens with zero attached hydrogens (tertiary/aromatic N) is 1. The van der Waals surface area contributed by atoms with E-state index in [9.17, 15) is 9.59 Å². The number of hydrogen-bond acceptors (Lipinski definition) is 3. The van der Waals surface area contributed by atoms with E-state index in [-0.39, 0.29) is 18.4 Å². The van der Waals surface area contributed by atoms with E-state index in [1.807, 2.05) is 0 Å². The molecule has 0 bridgehead atoms. The van der Waals surface area contributed by atoms with E-state index in [1.165, 1.54) is 6.42 Å². The fourth-order valence-electron chi connectivity index (χ4n) is 2.19. The topological polar surface area (TPSA) is 49.4 Å². The van der Waals surface area contributed by atoms with Crippen LogP contribution < -0.4 is 5.32 Å². The van der Waals surface area contributed by atoms with E-state index >= 15 is 0 Å². The van der Waals surface area contributed by atoms with Crippen molar-refractivity contribution in [1.82, 2.24) is 10.2 Å². The first-order chi connectivity index (χ1) is 9.58. The predicted octanol–water partition coefficient (Wildman–Crippen LogP) is 2.37. The van der Waals surface area contributed by atoms with Crippen LogP contribution >= 0.6 is 24.2 Å². The van der Waals surface area contributed by atoms with Crippen molar-refractivity contribution in [3.05, 3.63) is 28.8 Å². The summed E-state index contributed by atoms with van der Waals surface area (Å²) in [4.78, 5) is 26.4. The van der Waals surface area contributed by atoms with Gasteiger partial charge in [-0.15, -0.1) is 12.6 Å². The third-order valence-corrected chi connectivity index (χ3v) is 3.91. The first-order valence-corrected chi connectivity index (χ1v) is 7.45. The Morgan fingerprint density at radius 2 is 1.95 bits per heavy atom. The standard InChI is InChI=1S/C14H17ClN2O2S/c15-12-5-4-10(20)8-11(12)14(19)16-9-13(18)17-6-2-1-3-7-17/h4-5,8,20H,1-3,6-7,9H2,(H,16,19). The van der Waals surface area contributed by atoms with Crippen LogP contribution in [0.5, 0.6) is 0 Å². The molecule has 0 atom stereocenters. The molecule has 1 aromatic rings. The Morgan fingerprint density at radius 1 is 1.25 bits per heavy atom. The van der Waals surface area contributed by atoms with Gasteiger partial charge >= 0.3 is 0 Å². The molecule has 20 heavy (non-hydrogen) atoms. The van der Waals surface area contributed by atoms with E-state index in [0.717, 1.165) is 25.9 Å². The number of rotatable bonds is 3. The van der Waals surface area contributed by atoms with Crippen molar-refractivity contribution in [2.24, 2.45) is 0 Å². The Morgan fingerprint density at radius 3 is 2.65 bits per heavy atom. The summed E-state index contributed by atoms with van der Waals surface area (Å²) < 4.78 is 0. The third kappa shape index (κ3) is 3.90. The van der Waals surface area contributed by atoms with Crippen LogP contribution in [0.15, 0.2) is 23.1 Å². The fraction of sp³-hybridized carbons (Fsp3) is 0.429. The number of benzene rings is 1. The smallest absolute Gasteiger partial charge is 0.253 e. The van der Waals surface area contributed by atoms with Gasteiger partial charge in [-0.2, -0.15) is 0 Å². The Kier molecular flexibility index (Phi) is 5.31. The molecule has 1 heterocycles. The first-order valence-electron chi connectivity index (χ1n) is 6.62. The molecule has 0 unspecified atom stereocenters. The molecule has 1 N–H and O–H groups in total. The summed E-state index contributed by atoms with van der Waals surface area (Å²) in [6, 6.07) is 4.92. The molecule has 0 radical (unpaired) electrons. The summed E-state index contributed by atoms with van der Waals surface area (Å²) >= 11 is 10.1. The highest BCUT2D eigenvalue weighted by Crippen LogP contribution is 2.19. The van der Waals surface area contributed by atoms with Crippen LogP contribution in [0.1, 0.15) is 29.6 Å². The van der Waals surface area contributed by atoms with Crippen molar-refractivity contribution in [2.75, 3.05) is 19.6 Å². The Hall–Kier alpha value is -1.20. The van der Waals surface area contributed by atoms with E-state index < -0.39 is 0 Å². The summed E-state index contributed by atoms with van der Waals surface area (Å²) in [5, 5.41) is 2.97. The number of hydrogen-bond donors (Lipinski definition) is 2. The molecule has 6 heteroatoms. The maximum Gasteiger partial charge on any atom is 0.253 e. The highest BCUT2D eigenvalue weighted by Gasteiger charge is 2.18. The Balaban J connectivity index is 1.91. The molecule has 0 spiro atoms. The summed E-state index contributed by atoms with van der Waals surface area (Å²) in [5.41, 5.74) is 0.339. The summed E-state index contributed by atoms with van der Waals surface area (Å²) in [6.07, 6.45) is 3.24. The van der Waals surface area contributed by atoms with E-state index in [1.54, 1.807) is 23.1 Å². The molecular formula is C14H17ClN2O2S. The minimum Gasteiger partial charge on any atom is -0.343 e. The molecule has 2 amide bonds. The van der Waals surface area contributed by atoms with Crippen LogP contribution in [0.2, 0.25) is 5.02 Å². The molecule has 0 aliphatic carbocycles. The van der Waals surface area contributed by atoms with E-state index in [0.29, 0.717) is 15.5 Å². The van der Waals surface area contributed by atoms with Crippen molar-refractivity contribution in [1.29, 1.82) is 0 Å². The minimum atomic E-state index is -0.351. The predicted molar refractivity (Wildman–Crippen MR) is 81.5 cm³/mol. The number of carbonyl (C=O) groups is 2. The molecular weight excluding hydrogens is 296 g/mol. The van der Waals surface area contributed by atoms with Crippen molar-refractivity contribution >= 4 is 36.0 Å². The highest BCUT2D eigenvalue weighted by molar-refractivity contribution is 7.80. The van der Waals surface area contributed by atoms with E-state index in [4.69, 9.17) is 11.6 Å². The van der Waals surface area contributed by atoms with Gasteiger partial charge in [-0.1, -0.05) is 11.6 Å². The lowest BCUT2D eigenvalue weighted by molar-refractivity contribution is -0.130. The van der Waals surface area contributed by atoms with Gasteiger partial charge in [0.05, 0.1) is 17.1 Å². The molecule has 108 valence electrons. The van der Waals surface area contributed by atoms with Crippen molar-refractivity contribution in [3.63, 3.8) is 0 Å². The normalized spacial score (nSPS) is 15.0. The molecule has 0 aromatic heterocycles. The number of piperidine rings is 1. The largest absolute Gasteiger partial charge is 0.343 e. The summed E-state index contributed by atoms with van der Waals surface area (Å²) in [7, 11) is 0. The number of amides is 2. The van der Waals surface area contributed by atoms with Crippen LogP contribution in [-0.4, -0.2) is 36.3 Å². The number of carbonyl (C=O) groups excluding carboxylic acids is 2. The lowest BCUT2D eigenvalue weighted by atomic mass is 10.1. The van der Waals surface area contributed by atoms with Gasteiger partial charge in [0.15, 0.2) is 0 Å². The highest BCUT2D eigenvalue weighted by atomic mass is 35.5. The Labute approximate surface area is 128 Å². The van der Waals surface area contributed by atoms with Gasteiger partial charge in [-0.25, -0.2) is 0 Å². The van der Waals surface area contributed by atoms with Gasteiger partial charge in [0.2, 0.25) is 5.91 Å². The number of nitrogens with one attached hydrogen (secondary N) is 1. The molecule has 1 aromatic carbocycles. The van der Waals surface area contributed by atoms with Crippen LogP contribution in [0, 0.1) is 0 Å². The third-order valence-electron chi connectivity index (χ3n) is 3.30. The zero-order chi connectivity index (χ0) is 14.5. The molecule has 1 aliphatic heterocycles. The van der Waals surface area contributed by atoms with Crippen molar-refractivity contribution in [2.45, 2.75) is 24.2 Å². The molecule has 1 fully saturated rings. The lowest BCUT2D eigenvalue weighted by Gasteiger charge is -2.26. The van der Waals surface area contributed by atoms with Crippen LogP contribution in [0.25, 0.3) is 0 Å². The second-order valence-electron chi connectivity index (χ2n) is 4.79. The number of likely N-dealkylation sites (tertiary alicyclic amines) is 1. The van der Waals surface area contributed by atoms with E-state index in [2.05, 4.69) is 17.9 Å². The average Bonchev–Trinajstić information content (AvgIpc) is 2.47. The zero-order valence-electron chi connectivity index (χ0n) is 11.1. The van der Waals surface area contributed by atoms with Crippen LogP contribution in [-0.2, 0) is 4.79 Å². The summed E-state index contributed by atoms with van der Waals surface area (Å²) in [6.45, 7) is 1.56. The first kappa shape index (κ1) is 15.2. The summed E-state index contributed by atoms with van der Waals surface area (Å²) in [5.74, 6) is -0.396. The number of thiol groups is 1. The number of halogens is 1. The van der Waals surface area contributed by atoms with Crippen LogP contribution in [0.3, 0.4) is 0 Å². The second kappa shape index (κ2) is 6.99. The second-order valence-corrected chi connectivity index (χ2v) is 5.71. The zero-order valence-corrected chi connectivity index (χ0v) is 12.7. The van der Waals surface area contributed by atoms with Gasteiger partial charge < -0.3 is 10.2 Å². The van der Waals surface area contributed by atoms with Gasteiger partial charge in [0.25, 0.3) is 5.91 Å². The maximum absolute atomic E-state index is 12.0. The lowest BCUT2D eigenvalue weighted by Crippen LogP contribution is -2.42. The molecule has 0 saturated carbocycles. The van der Waals surface area contributed by atoms with Crippen molar-refractivity contribution < 1.29 is 9.59 Å². The van der Waals surface area contributed by atoms with Crippen molar-refractivity contribution in [3.8, 4) is 0 Å². The van der Waals surface area contributed by atoms with Gasteiger partial charge in [-0.05, 0) is 37.5 Å². The molecule has 1 saturated heterocycles. The molecule has 2 rings (SSSR count). The van der Waals surface area contributed by atoms with Gasteiger partial charge in [0, 0.05) is 18.0 Å². The Bertz CT molecular complexity index is 516. The molecule has 4 nitrogen and oxygen atoms in total. The monoisotopic (exact) mass is 312 g/mol. The van der Waals surface area contributed by atoms with Gasteiger partial charge in [-0.3, -0.25) is 9.59 Å². The molecule has 1 aliphatic rings.